The fourth-order valence-corrected chi connectivity index (χ4v) is 3.40. The van der Waals surface area contributed by atoms with Crippen LogP contribution < -0.4 is 4.90 Å². The third-order valence-corrected chi connectivity index (χ3v) is 4.78. The first-order valence-electron chi connectivity index (χ1n) is 8.34. The fourth-order valence-electron chi connectivity index (χ4n) is 3.23. The first-order chi connectivity index (χ1) is 13.5. The van der Waals surface area contributed by atoms with Gasteiger partial charge in [-0.1, -0.05) is 41.9 Å². The number of benzene rings is 2. The van der Waals surface area contributed by atoms with Crippen LogP contribution in [0.1, 0.15) is 22.2 Å². The maximum Gasteiger partial charge on any atom is 0.294 e. The molecule has 1 aliphatic rings. The lowest BCUT2D eigenvalue weighted by Gasteiger charge is -2.27. The van der Waals surface area contributed by atoms with Gasteiger partial charge in [-0.3, -0.25) is 14.5 Å². The summed E-state index contributed by atoms with van der Waals surface area (Å²) < 4.78 is 18.8. The number of furan rings is 1. The Morgan fingerprint density at radius 3 is 2.50 bits per heavy atom. The molecule has 2 heterocycles. The van der Waals surface area contributed by atoms with E-state index in [2.05, 4.69) is 0 Å². The summed E-state index contributed by atoms with van der Waals surface area (Å²) in [4.78, 5) is 27.1. The summed E-state index contributed by atoms with van der Waals surface area (Å²) in [6, 6.07) is 14.6. The number of ketones is 1. The summed E-state index contributed by atoms with van der Waals surface area (Å²) in [5.74, 6) is -2.73. The van der Waals surface area contributed by atoms with E-state index in [1.807, 2.05) is 0 Å². The van der Waals surface area contributed by atoms with Crippen molar-refractivity contribution in [2.75, 3.05) is 4.90 Å². The zero-order valence-electron chi connectivity index (χ0n) is 14.3. The van der Waals surface area contributed by atoms with Gasteiger partial charge >= 0.3 is 0 Å². The summed E-state index contributed by atoms with van der Waals surface area (Å²) >= 11 is 5.88. The lowest BCUT2D eigenvalue weighted by atomic mass is 9.95. The SMILES string of the molecule is O=C(C1=C(O)C(=O)N(c2ccc(F)c(Cl)c2)C1c1ccccc1)c1ccco1. The molecular weight excluding hydrogens is 385 g/mol. The van der Waals surface area contributed by atoms with E-state index in [1.165, 1.54) is 35.4 Å². The van der Waals surface area contributed by atoms with E-state index in [4.69, 9.17) is 16.0 Å². The minimum absolute atomic E-state index is 0.00531. The predicted octanol–water partition coefficient (Wildman–Crippen LogP) is 4.86. The van der Waals surface area contributed by atoms with Gasteiger partial charge in [-0.2, -0.15) is 0 Å². The highest BCUT2D eigenvalue weighted by atomic mass is 35.5. The van der Waals surface area contributed by atoms with Gasteiger partial charge in [0.2, 0.25) is 5.78 Å². The maximum atomic E-state index is 13.6. The molecule has 1 unspecified atom stereocenters. The van der Waals surface area contributed by atoms with Crippen LogP contribution in [0.5, 0.6) is 0 Å². The summed E-state index contributed by atoms with van der Waals surface area (Å²) in [5, 5.41) is 10.4. The standard InChI is InChI=1S/C21H13ClFNO4/c22-14-11-13(8-9-15(14)23)24-18(12-5-2-1-3-6-12)17(20(26)21(24)27)19(25)16-7-4-10-28-16/h1-11,18,26H. The Kier molecular flexibility index (Phi) is 4.49. The molecule has 0 fully saturated rings. The van der Waals surface area contributed by atoms with Gasteiger partial charge in [0.1, 0.15) is 5.82 Å². The molecule has 1 atom stereocenters. The Balaban J connectivity index is 1.89. The molecule has 2 aromatic carbocycles. The second kappa shape index (κ2) is 6.98. The smallest absolute Gasteiger partial charge is 0.294 e. The molecule has 3 aromatic rings. The van der Waals surface area contributed by atoms with Crippen LogP contribution in [0.2, 0.25) is 5.02 Å². The number of Topliss-reactive ketones (excluding diaryl/α,β-unsaturated/α-hetero) is 1. The fraction of sp³-hybridized carbons (Fsp3) is 0.0476. The van der Waals surface area contributed by atoms with Crippen LogP contribution in [0, 0.1) is 5.82 Å². The first kappa shape index (κ1) is 18.0. The Morgan fingerprint density at radius 2 is 1.86 bits per heavy atom. The van der Waals surface area contributed by atoms with Crippen molar-refractivity contribution in [2.24, 2.45) is 0 Å². The average molecular weight is 398 g/mol. The molecule has 5 nitrogen and oxygen atoms in total. The third-order valence-electron chi connectivity index (χ3n) is 4.49. The third kappa shape index (κ3) is 2.88. The normalized spacial score (nSPS) is 16.7. The highest BCUT2D eigenvalue weighted by molar-refractivity contribution is 6.31. The molecule has 0 aliphatic carbocycles. The monoisotopic (exact) mass is 397 g/mol. The molecule has 1 amide bonds. The number of aliphatic hydroxyl groups excluding tert-OH is 1. The van der Waals surface area contributed by atoms with Gasteiger partial charge in [0.25, 0.3) is 5.91 Å². The Hall–Kier alpha value is -3.38. The van der Waals surface area contributed by atoms with E-state index in [-0.39, 0.29) is 22.0 Å². The highest BCUT2D eigenvalue weighted by Gasteiger charge is 2.45. The minimum atomic E-state index is -0.923. The van der Waals surface area contributed by atoms with Crippen molar-refractivity contribution < 1.29 is 23.5 Å². The van der Waals surface area contributed by atoms with Crippen LogP contribution in [-0.4, -0.2) is 16.8 Å². The molecule has 0 saturated heterocycles. The van der Waals surface area contributed by atoms with Gasteiger partial charge < -0.3 is 9.52 Å². The molecule has 0 bridgehead atoms. The van der Waals surface area contributed by atoms with Gasteiger partial charge in [-0.15, -0.1) is 0 Å². The van der Waals surface area contributed by atoms with E-state index in [0.717, 1.165) is 6.07 Å². The average Bonchev–Trinajstić information content (AvgIpc) is 3.32. The molecule has 140 valence electrons. The minimum Gasteiger partial charge on any atom is -0.503 e. The van der Waals surface area contributed by atoms with Crippen molar-refractivity contribution in [3.63, 3.8) is 0 Å². The van der Waals surface area contributed by atoms with Gasteiger partial charge in [-0.25, -0.2) is 4.39 Å². The molecule has 7 heteroatoms. The molecule has 0 saturated carbocycles. The van der Waals surface area contributed by atoms with E-state index >= 15 is 0 Å². The topological polar surface area (TPSA) is 70.8 Å². The van der Waals surface area contributed by atoms with Crippen molar-refractivity contribution >= 4 is 29.0 Å². The predicted molar refractivity (Wildman–Crippen MR) is 101 cm³/mol. The van der Waals surface area contributed by atoms with E-state index in [9.17, 15) is 19.1 Å². The second-order valence-electron chi connectivity index (χ2n) is 6.16. The summed E-state index contributed by atoms with van der Waals surface area (Å²) in [7, 11) is 0. The van der Waals surface area contributed by atoms with E-state index < -0.39 is 29.3 Å². The van der Waals surface area contributed by atoms with Crippen molar-refractivity contribution in [1.29, 1.82) is 0 Å². The lowest BCUT2D eigenvalue weighted by Crippen LogP contribution is -2.31. The van der Waals surface area contributed by atoms with Crippen LogP contribution in [0.25, 0.3) is 0 Å². The van der Waals surface area contributed by atoms with Crippen LogP contribution in [0.4, 0.5) is 10.1 Å². The summed E-state index contributed by atoms with van der Waals surface area (Å²) in [5.41, 5.74) is 0.723. The van der Waals surface area contributed by atoms with Crippen molar-refractivity contribution in [1.82, 2.24) is 0 Å². The summed E-state index contributed by atoms with van der Waals surface area (Å²) in [6.45, 7) is 0. The maximum absolute atomic E-state index is 13.6. The number of amides is 1. The quantitative estimate of drug-likeness (QED) is 0.638. The molecule has 1 N–H and O–H groups in total. The Bertz CT molecular complexity index is 1090. The van der Waals surface area contributed by atoms with Gasteiger partial charge in [0.05, 0.1) is 22.9 Å². The van der Waals surface area contributed by atoms with Crippen molar-refractivity contribution in [3.05, 3.63) is 100 Å². The number of nitrogens with zero attached hydrogens (tertiary/aromatic N) is 1. The number of hydrogen-bond donors (Lipinski definition) is 1. The first-order valence-corrected chi connectivity index (χ1v) is 8.71. The van der Waals surface area contributed by atoms with Gasteiger partial charge in [-0.05, 0) is 35.9 Å². The number of carbonyl (C=O) groups is 2. The van der Waals surface area contributed by atoms with E-state index in [0.29, 0.717) is 5.56 Å². The molecule has 1 aliphatic heterocycles. The number of rotatable bonds is 4. The van der Waals surface area contributed by atoms with Crippen molar-refractivity contribution in [3.8, 4) is 0 Å². The van der Waals surface area contributed by atoms with Crippen LogP contribution in [0.3, 0.4) is 0 Å². The zero-order valence-corrected chi connectivity index (χ0v) is 15.1. The number of halogens is 2. The molecule has 4 rings (SSSR count). The van der Waals surface area contributed by atoms with Gasteiger partial charge in [0.15, 0.2) is 11.5 Å². The second-order valence-corrected chi connectivity index (χ2v) is 6.56. The highest BCUT2D eigenvalue weighted by Crippen LogP contribution is 2.42. The number of aliphatic hydroxyl groups is 1. The Morgan fingerprint density at radius 1 is 1.11 bits per heavy atom. The Labute approximate surface area is 164 Å². The van der Waals surface area contributed by atoms with Crippen molar-refractivity contribution in [2.45, 2.75) is 6.04 Å². The molecular formula is C21H13ClFNO4. The van der Waals surface area contributed by atoms with Gasteiger partial charge in [0, 0.05) is 5.69 Å². The molecule has 0 spiro atoms. The largest absolute Gasteiger partial charge is 0.503 e. The molecule has 28 heavy (non-hydrogen) atoms. The van der Waals surface area contributed by atoms with E-state index in [1.54, 1.807) is 30.3 Å². The number of anilines is 1. The van der Waals surface area contributed by atoms with Crippen LogP contribution >= 0.6 is 11.6 Å². The molecule has 0 radical (unpaired) electrons. The zero-order chi connectivity index (χ0) is 19.8. The molecule has 1 aromatic heterocycles. The number of carbonyl (C=O) groups excluding carboxylic acids is 2. The summed E-state index contributed by atoms with van der Waals surface area (Å²) in [6.07, 6.45) is 1.33. The number of hydrogen-bond acceptors (Lipinski definition) is 4. The lowest BCUT2D eigenvalue weighted by molar-refractivity contribution is -0.117. The van der Waals surface area contributed by atoms with Crippen LogP contribution in [-0.2, 0) is 4.79 Å². The van der Waals surface area contributed by atoms with Crippen LogP contribution in [0.15, 0.2) is 82.7 Å².